The number of nitrogens with zero attached hydrogens (tertiary/aromatic N) is 2. The minimum absolute atomic E-state index is 0.00437. The molecule has 1 aliphatic heterocycles. The molecule has 1 amide bonds. The first kappa shape index (κ1) is 19.2. The van der Waals surface area contributed by atoms with Crippen molar-refractivity contribution in [2.75, 3.05) is 46.4 Å². The Bertz CT molecular complexity index is 761. The first-order chi connectivity index (χ1) is 13.2. The van der Waals surface area contributed by atoms with Crippen molar-refractivity contribution in [3.63, 3.8) is 0 Å². The van der Waals surface area contributed by atoms with E-state index in [0.717, 1.165) is 25.2 Å². The van der Waals surface area contributed by atoms with E-state index in [4.69, 9.17) is 9.47 Å². The van der Waals surface area contributed by atoms with E-state index in [9.17, 15) is 9.18 Å². The fourth-order valence-electron chi connectivity index (χ4n) is 3.17. The Hall–Kier alpha value is -2.60. The fourth-order valence-corrected chi connectivity index (χ4v) is 3.17. The van der Waals surface area contributed by atoms with E-state index in [2.05, 4.69) is 4.90 Å². The predicted octanol–water partition coefficient (Wildman–Crippen LogP) is 2.60. The van der Waals surface area contributed by atoms with Crippen LogP contribution >= 0.6 is 0 Å². The second-order valence-electron chi connectivity index (χ2n) is 6.50. The molecule has 5 nitrogen and oxygen atoms in total. The third kappa shape index (κ3) is 5.20. The van der Waals surface area contributed by atoms with Crippen molar-refractivity contribution in [3.8, 4) is 11.5 Å². The van der Waals surface area contributed by atoms with Gasteiger partial charge >= 0.3 is 0 Å². The maximum Gasteiger partial charge on any atom is 0.260 e. The highest BCUT2D eigenvalue weighted by Crippen LogP contribution is 2.25. The van der Waals surface area contributed by atoms with Crippen molar-refractivity contribution >= 4 is 5.91 Å². The average Bonchev–Trinajstić information content (AvgIpc) is 2.72. The Morgan fingerprint density at radius 2 is 1.67 bits per heavy atom. The van der Waals surface area contributed by atoms with E-state index in [1.54, 1.807) is 25.3 Å². The topological polar surface area (TPSA) is 42.0 Å². The van der Waals surface area contributed by atoms with Gasteiger partial charge in [-0.05, 0) is 30.2 Å². The fraction of sp³-hybridized carbons (Fsp3) is 0.381. The number of methoxy groups -OCH3 is 1. The Morgan fingerprint density at radius 1 is 1.00 bits per heavy atom. The van der Waals surface area contributed by atoms with Gasteiger partial charge in [-0.1, -0.05) is 30.3 Å². The van der Waals surface area contributed by atoms with Gasteiger partial charge in [0.15, 0.2) is 18.1 Å². The Balaban J connectivity index is 1.42. The van der Waals surface area contributed by atoms with Crippen LogP contribution in [-0.2, 0) is 11.2 Å². The summed E-state index contributed by atoms with van der Waals surface area (Å²) in [6.07, 6.45) is 0.678. The number of hydrogen-bond acceptors (Lipinski definition) is 4. The number of rotatable bonds is 7. The number of ether oxygens (including phenoxy) is 2. The molecule has 3 rings (SSSR count). The maximum atomic E-state index is 13.7. The molecule has 2 aromatic carbocycles. The highest BCUT2D eigenvalue weighted by Gasteiger charge is 2.21. The summed E-state index contributed by atoms with van der Waals surface area (Å²) in [6, 6.07) is 14.2. The van der Waals surface area contributed by atoms with Crippen molar-refractivity contribution in [3.05, 3.63) is 59.9 Å². The van der Waals surface area contributed by atoms with E-state index in [0.29, 0.717) is 31.0 Å². The molecule has 0 aliphatic carbocycles. The van der Waals surface area contributed by atoms with Crippen LogP contribution in [0.5, 0.6) is 11.5 Å². The zero-order valence-electron chi connectivity index (χ0n) is 15.6. The first-order valence-electron chi connectivity index (χ1n) is 9.16. The van der Waals surface area contributed by atoms with Gasteiger partial charge in [0.2, 0.25) is 0 Å². The molecule has 1 saturated heterocycles. The second kappa shape index (κ2) is 9.37. The molecule has 144 valence electrons. The Labute approximate surface area is 159 Å². The van der Waals surface area contributed by atoms with Crippen molar-refractivity contribution in [2.45, 2.75) is 6.42 Å². The number of hydrogen-bond donors (Lipinski definition) is 0. The van der Waals surface area contributed by atoms with Crippen molar-refractivity contribution in [2.24, 2.45) is 0 Å². The quantitative estimate of drug-likeness (QED) is 0.749. The average molecular weight is 372 g/mol. The number of benzene rings is 2. The molecule has 1 fully saturated rings. The third-order valence-electron chi connectivity index (χ3n) is 4.80. The predicted molar refractivity (Wildman–Crippen MR) is 102 cm³/mol. The molecule has 0 atom stereocenters. The van der Waals surface area contributed by atoms with Crippen LogP contribution in [0.15, 0.2) is 48.5 Å². The van der Waals surface area contributed by atoms with E-state index in [-0.39, 0.29) is 18.3 Å². The molecule has 1 heterocycles. The molecule has 27 heavy (non-hydrogen) atoms. The number of halogens is 1. The lowest BCUT2D eigenvalue weighted by atomic mass is 10.1. The molecular formula is C21H25FN2O3. The minimum Gasteiger partial charge on any atom is -0.493 e. The van der Waals surface area contributed by atoms with Gasteiger partial charge in [0.1, 0.15) is 5.82 Å². The molecule has 0 unspecified atom stereocenters. The molecule has 1 aliphatic rings. The van der Waals surface area contributed by atoms with Crippen LogP contribution in [0.1, 0.15) is 5.56 Å². The molecule has 2 aromatic rings. The number of piperazine rings is 1. The van der Waals surface area contributed by atoms with E-state index < -0.39 is 0 Å². The normalized spacial score (nSPS) is 14.8. The summed E-state index contributed by atoms with van der Waals surface area (Å²) in [5.74, 6) is 0.995. The molecule has 6 heteroatoms. The number of amides is 1. The zero-order valence-corrected chi connectivity index (χ0v) is 15.6. The highest BCUT2D eigenvalue weighted by molar-refractivity contribution is 5.78. The van der Waals surface area contributed by atoms with Gasteiger partial charge in [0.05, 0.1) is 7.11 Å². The van der Waals surface area contributed by atoms with Crippen LogP contribution in [0.25, 0.3) is 0 Å². The number of carbonyl (C=O) groups excluding carboxylic acids is 1. The van der Waals surface area contributed by atoms with Crippen LogP contribution in [0.4, 0.5) is 4.39 Å². The summed E-state index contributed by atoms with van der Waals surface area (Å²) in [4.78, 5) is 16.5. The van der Waals surface area contributed by atoms with E-state index >= 15 is 0 Å². The lowest BCUT2D eigenvalue weighted by Crippen LogP contribution is -2.50. The number of para-hydroxylation sites is 2. The van der Waals surface area contributed by atoms with Gasteiger partial charge in [-0.25, -0.2) is 4.39 Å². The van der Waals surface area contributed by atoms with Gasteiger partial charge in [-0.3, -0.25) is 9.69 Å². The number of carbonyl (C=O) groups is 1. The third-order valence-corrected chi connectivity index (χ3v) is 4.80. The van der Waals surface area contributed by atoms with Crippen LogP contribution in [0.2, 0.25) is 0 Å². The van der Waals surface area contributed by atoms with Crippen LogP contribution in [0.3, 0.4) is 0 Å². The van der Waals surface area contributed by atoms with E-state index in [1.165, 1.54) is 6.07 Å². The summed E-state index contributed by atoms with van der Waals surface area (Å²) in [6.45, 7) is 3.68. The summed E-state index contributed by atoms with van der Waals surface area (Å²) in [7, 11) is 1.57. The second-order valence-corrected chi connectivity index (χ2v) is 6.50. The lowest BCUT2D eigenvalue weighted by Gasteiger charge is -2.34. The van der Waals surface area contributed by atoms with Gasteiger partial charge in [0, 0.05) is 32.7 Å². The highest BCUT2D eigenvalue weighted by atomic mass is 19.1. The van der Waals surface area contributed by atoms with Gasteiger partial charge < -0.3 is 14.4 Å². The first-order valence-corrected chi connectivity index (χ1v) is 9.16. The van der Waals surface area contributed by atoms with Crippen molar-refractivity contribution < 1.29 is 18.7 Å². The lowest BCUT2D eigenvalue weighted by molar-refractivity contribution is -0.135. The van der Waals surface area contributed by atoms with Crippen molar-refractivity contribution in [1.82, 2.24) is 9.80 Å². The van der Waals surface area contributed by atoms with Gasteiger partial charge in [-0.2, -0.15) is 0 Å². The molecular weight excluding hydrogens is 347 g/mol. The molecule has 0 N–H and O–H groups in total. The van der Waals surface area contributed by atoms with Gasteiger partial charge in [0.25, 0.3) is 5.91 Å². The van der Waals surface area contributed by atoms with E-state index in [1.807, 2.05) is 29.2 Å². The Morgan fingerprint density at radius 3 is 2.37 bits per heavy atom. The van der Waals surface area contributed by atoms with Crippen molar-refractivity contribution in [1.29, 1.82) is 0 Å². The molecule has 0 saturated carbocycles. The monoisotopic (exact) mass is 372 g/mol. The zero-order chi connectivity index (χ0) is 19.1. The molecule has 0 radical (unpaired) electrons. The SMILES string of the molecule is COc1ccccc1OCC(=O)N1CCN(CCc2ccccc2F)CC1. The van der Waals surface area contributed by atoms with Crippen LogP contribution in [-0.4, -0.2) is 62.1 Å². The van der Waals surface area contributed by atoms with Crippen LogP contribution in [0, 0.1) is 5.82 Å². The Kier molecular flexibility index (Phi) is 6.65. The maximum absolute atomic E-state index is 13.7. The largest absolute Gasteiger partial charge is 0.493 e. The summed E-state index contributed by atoms with van der Waals surface area (Å²) >= 11 is 0. The standard InChI is InChI=1S/C21H25FN2O3/c1-26-19-8-4-5-9-20(19)27-16-21(25)24-14-12-23(13-15-24)11-10-17-6-2-3-7-18(17)22/h2-9H,10-16H2,1H3. The summed E-state index contributed by atoms with van der Waals surface area (Å²) in [5, 5.41) is 0. The summed E-state index contributed by atoms with van der Waals surface area (Å²) in [5.41, 5.74) is 0.737. The summed E-state index contributed by atoms with van der Waals surface area (Å²) < 4.78 is 24.5. The molecule has 0 aromatic heterocycles. The van der Waals surface area contributed by atoms with Gasteiger partial charge in [-0.15, -0.1) is 0 Å². The smallest absolute Gasteiger partial charge is 0.260 e. The van der Waals surface area contributed by atoms with Crippen LogP contribution < -0.4 is 9.47 Å². The molecule has 0 spiro atoms. The minimum atomic E-state index is -0.153. The molecule has 0 bridgehead atoms.